The molecule has 1 amide bonds. The van der Waals surface area contributed by atoms with Gasteiger partial charge in [-0.15, -0.1) is 0 Å². The predicted octanol–water partition coefficient (Wildman–Crippen LogP) is 4.15. The Morgan fingerprint density at radius 1 is 1.28 bits per heavy atom. The lowest BCUT2D eigenvalue weighted by Gasteiger charge is -2.38. The van der Waals surface area contributed by atoms with Crippen molar-refractivity contribution < 1.29 is 14.6 Å². The average molecular weight is 369 g/mol. The van der Waals surface area contributed by atoms with Crippen molar-refractivity contribution in [3.8, 4) is 0 Å². The third-order valence-electron chi connectivity index (χ3n) is 4.33. The van der Waals surface area contributed by atoms with Crippen molar-refractivity contribution in [1.29, 1.82) is 0 Å². The third kappa shape index (κ3) is 5.02. The van der Waals surface area contributed by atoms with E-state index in [-0.39, 0.29) is 6.09 Å². The van der Waals surface area contributed by atoms with E-state index < -0.39 is 11.7 Å². The number of aliphatic hydroxyl groups excluding tert-OH is 1. The van der Waals surface area contributed by atoms with Crippen LogP contribution in [0.3, 0.4) is 0 Å². The largest absolute Gasteiger partial charge is 0.444 e. The number of amides is 1. The molecule has 6 heteroatoms. The summed E-state index contributed by atoms with van der Waals surface area (Å²) in [5.41, 5.74) is 2.32. The third-order valence-corrected chi connectivity index (χ3v) is 4.73. The normalized spacial score (nSPS) is 16.8. The maximum absolute atomic E-state index is 12.2. The molecule has 0 radical (unpaired) electrons. The van der Waals surface area contributed by atoms with Crippen LogP contribution in [0, 0.1) is 6.92 Å². The summed E-state index contributed by atoms with van der Waals surface area (Å²) in [6, 6.07) is 3.89. The first-order chi connectivity index (χ1) is 11.6. The molecule has 140 valence electrons. The number of aliphatic hydroxyl groups is 1. The number of anilines is 1. The molecule has 0 bridgehead atoms. The van der Waals surface area contributed by atoms with Crippen LogP contribution in [0.1, 0.15) is 51.3 Å². The first-order valence-electron chi connectivity index (χ1n) is 8.83. The van der Waals surface area contributed by atoms with E-state index >= 15 is 0 Å². The molecule has 0 saturated carbocycles. The van der Waals surface area contributed by atoms with Crippen molar-refractivity contribution in [3.05, 3.63) is 28.3 Å². The van der Waals surface area contributed by atoms with E-state index in [1.54, 1.807) is 4.90 Å². The molecule has 1 aromatic carbocycles. The van der Waals surface area contributed by atoms with Gasteiger partial charge in [-0.3, -0.25) is 0 Å². The van der Waals surface area contributed by atoms with Gasteiger partial charge in [0.2, 0.25) is 0 Å². The van der Waals surface area contributed by atoms with Gasteiger partial charge in [0.05, 0.1) is 6.10 Å². The van der Waals surface area contributed by atoms with Crippen LogP contribution in [0.2, 0.25) is 5.02 Å². The zero-order valence-corrected chi connectivity index (χ0v) is 16.6. The molecule has 0 aromatic heterocycles. The summed E-state index contributed by atoms with van der Waals surface area (Å²) in [4.78, 5) is 16.1. The maximum atomic E-state index is 12.2. The van der Waals surface area contributed by atoms with E-state index in [0.29, 0.717) is 37.6 Å². The second-order valence-corrected chi connectivity index (χ2v) is 7.95. The number of halogens is 1. The monoisotopic (exact) mass is 368 g/mol. The zero-order valence-electron chi connectivity index (χ0n) is 15.8. The fourth-order valence-corrected chi connectivity index (χ4v) is 3.07. The first-order valence-corrected chi connectivity index (χ1v) is 9.21. The molecule has 1 saturated heterocycles. The number of hydrogen-bond acceptors (Lipinski definition) is 4. The highest BCUT2D eigenvalue weighted by Crippen LogP contribution is 2.34. The molecule has 1 aliphatic heterocycles. The van der Waals surface area contributed by atoms with Crippen molar-refractivity contribution in [2.75, 3.05) is 31.1 Å². The molecule has 1 heterocycles. The average Bonchev–Trinajstić information content (AvgIpc) is 2.54. The lowest BCUT2D eigenvalue weighted by Crippen LogP contribution is -2.50. The van der Waals surface area contributed by atoms with Gasteiger partial charge in [0.15, 0.2) is 0 Å². The lowest BCUT2D eigenvalue weighted by atomic mass is 10.0. The van der Waals surface area contributed by atoms with Gasteiger partial charge in [-0.2, -0.15) is 0 Å². The van der Waals surface area contributed by atoms with E-state index in [4.69, 9.17) is 16.3 Å². The Labute approximate surface area is 155 Å². The van der Waals surface area contributed by atoms with Gasteiger partial charge in [0, 0.05) is 42.5 Å². The number of rotatable bonds is 3. The SMILES string of the molecule is CC[C@H](O)c1cc(C)c(Cl)cc1N1CCN(C(=O)OC(C)(C)C)CC1. The molecule has 0 spiro atoms. The molecule has 1 aromatic rings. The fraction of sp³-hybridized carbons (Fsp3) is 0.632. The number of benzene rings is 1. The number of piperazine rings is 1. The van der Waals surface area contributed by atoms with Crippen LogP contribution >= 0.6 is 11.6 Å². The molecular weight excluding hydrogens is 340 g/mol. The van der Waals surface area contributed by atoms with E-state index in [0.717, 1.165) is 16.8 Å². The Kier molecular flexibility index (Phi) is 6.22. The quantitative estimate of drug-likeness (QED) is 0.870. The van der Waals surface area contributed by atoms with Crippen molar-refractivity contribution in [2.24, 2.45) is 0 Å². The van der Waals surface area contributed by atoms with Gasteiger partial charge < -0.3 is 19.6 Å². The summed E-state index contributed by atoms with van der Waals surface area (Å²) in [5, 5.41) is 11.1. The van der Waals surface area contributed by atoms with E-state index in [1.807, 2.05) is 46.8 Å². The van der Waals surface area contributed by atoms with Crippen LogP contribution < -0.4 is 4.90 Å². The van der Waals surface area contributed by atoms with Crippen molar-refractivity contribution >= 4 is 23.4 Å². The summed E-state index contributed by atoms with van der Waals surface area (Å²) in [5.74, 6) is 0. The molecule has 1 atom stereocenters. The Morgan fingerprint density at radius 3 is 2.40 bits per heavy atom. The number of nitrogens with zero attached hydrogens (tertiary/aromatic N) is 2. The van der Waals surface area contributed by atoms with Crippen LogP contribution in [0.25, 0.3) is 0 Å². The van der Waals surface area contributed by atoms with Gasteiger partial charge in [-0.25, -0.2) is 4.79 Å². The van der Waals surface area contributed by atoms with Crippen molar-refractivity contribution in [2.45, 2.75) is 52.7 Å². The summed E-state index contributed by atoms with van der Waals surface area (Å²) in [6.45, 7) is 12.0. The Bertz CT molecular complexity index is 620. The lowest BCUT2D eigenvalue weighted by molar-refractivity contribution is 0.0240. The Balaban J connectivity index is 2.13. The van der Waals surface area contributed by atoms with E-state index in [2.05, 4.69) is 4.90 Å². The fourth-order valence-electron chi connectivity index (χ4n) is 2.91. The van der Waals surface area contributed by atoms with Crippen LogP contribution in [-0.4, -0.2) is 47.9 Å². The molecule has 25 heavy (non-hydrogen) atoms. The summed E-state index contributed by atoms with van der Waals surface area (Å²) in [7, 11) is 0. The van der Waals surface area contributed by atoms with Gasteiger partial charge in [-0.1, -0.05) is 18.5 Å². The maximum Gasteiger partial charge on any atom is 0.410 e. The molecular formula is C19H29ClN2O3. The molecule has 0 unspecified atom stereocenters. The van der Waals surface area contributed by atoms with Crippen molar-refractivity contribution in [3.63, 3.8) is 0 Å². The molecule has 1 aliphatic rings. The minimum Gasteiger partial charge on any atom is -0.444 e. The van der Waals surface area contributed by atoms with Crippen molar-refractivity contribution in [1.82, 2.24) is 4.90 Å². The zero-order chi connectivity index (χ0) is 18.8. The summed E-state index contributed by atoms with van der Waals surface area (Å²) >= 11 is 6.31. The van der Waals surface area contributed by atoms with Gasteiger partial charge >= 0.3 is 6.09 Å². The van der Waals surface area contributed by atoms with Gasteiger partial charge in [-0.05, 0) is 51.8 Å². The second-order valence-electron chi connectivity index (χ2n) is 7.54. The highest BCUT2D eigenvalue weighted by molar-refractivity contribution is 6.31. The van der Waals surface area contributed by atoms with Crippen LogP contribution in [0.15, 0.2) is 12.1 Å². The highest BCUT2D eigenvalue weighted by Gasteiger charge is 2.27. The highest BCUT2D eigenvalue weighted by atomic mass is 35.5. The van der Waals surface area contributed by atoms with E-state index in [9.17, 15) is 9.90 Å². The topological polar surface area (TPSA) is 53.0 Å². The minimum atomic E-state index is -0.519. The summed E-state index contributed by atoms with van der Waals surface area (Å²) in [6.07, 6.45) is -0.149. The second kappa shape index (κ2) is 7.83. The Hall–Kier alpha value is -1.46. The molecule has 2 rings (SSSR count). The van der Waals surface area contributed by atoms with Crippen LogP contribution in [-0.2, 0) is 4.74 Å². The molecule has 1 fully saturated rings. The number of ether oxygens (including phenoxy) is 1. The smallest absolute Gasteiger partial charge is 0.410 e. The van der Waals surface area contributed by atoms with Crippen LogP contribution in [0.5, 0.6) is 0 Å². The molecule has 1 N–H and O–H groups in total. The predicted molar refractivity (Wildman–Crippen MR) is 101 cm³/mol. The Morgan fingerprint density at radius 2 is 1.88 bits per heavy atom. The number of hydrogen-bond donors (Lipinski definition) is 1. The number of carbonyl (C=O) groups excluding carboxylic acids is 1. The standard InChI is InChI=1S/C19H29ClN2O3/c1-6-17(23)14-11-13(2)15(20)12-16(14)21-7-9-22(10-8-21)18(24)25-19(3,4)5/h11-12,17,23H,6-10H2,1-5H3/t17-/m0/s1. The number of carbonyl (C=O) groups is 1. The first kappa shape index (κ1) is 19.9. The number of aryl methyl sites for hydroxylation is 1. The van der Waals surface area contributed by atoms with Crippen LogP contribution in [0.4, 0.5) is 10.5 Å². The van der Waals surface area contributed by atoms with Gasteiger partial charge in [0.25, 0.3) is 0 Å². The molecule has 0 aliphatic carbocycles. The summed E-state index contributed by atoms with van der Waals surface area (Å²) < 4.78 is 5.44. The van der Waals surface area contributed by atoms with E-state index in [1.165, 1.54) is 0 Å². The minimum absolute atomic E-state index is 0.275. The molecule has 5 nitrogen and oxygen atoms in total. The van der Waals surface area contributed by atoms with Gasteiger partial charge in [0.1, 0.15) is 5.60 Å².